The van der Waals surface area contributed by atoms with Gasteiger partial charge in [0.2, 0.25) is 12.7 Å². The van der Waals surface area contributed by atoms with Gasteiger partial charge in [-0.15, -0.1) is 0 Å². The number of fused-ring (bicyclic) bond motifs is 1. The summed E-state index contributed by atoms with van der Waals surface area (Å²) in [6.45, 7) is 1.84. The van der Waals surface area contributed by atoms with E-state index in [1.54, 1.807) is 12.7 Å². The Morgan fingerprint density at radius 2 is 2.04 bits per heavy atom. The molecule has 1 saturated heterocycles. The van der Waals surface area contributed by atoms with E-state index >= 15 is 0 Å². The lowest BCUT2D eigenvalue weighted by molar-refractivity contribution is -0.132. The van der Waals surface area contributed by atoms with Crippen LogP contribution in [0, 0.1) is 0 Å². The second-order valence-electron chi connectivity index (χ2n) is 6.18. The van der Waals surface area contributed by atoms with Gasteiger partial charge in [-0.25, -0.2) is 9.67 Å². The molecule has 7 nitrogen and oxygen atoms in total. The minimum absolute atomic E-state index is 0.213. The van der Waals surface area contributed by atoms with E-state index < -0.39 is 0 Å². The first-order chi connectivity index (χ1) is 11.8. The number of hydrogen-bond donors (Lipinski definition) is 0. The first-order valence-electron chi connectivity index (χ1n) is 8.30. The van der Waals surface area contributed by atoms with Crippen LogP contribution < -0.4 is 9.47 Å². The maximum atomic E-state index is 12.4. The van der Waals surface area contributed by atoms with Crippen LogP contribution >= 0.6 is 0 Å². The van der Waals surface area contributed by atoms with E-state index in [9.17, 15) is 4.79 Å². The number of amides is 1. The van der Waals surface area contributed by atoms with Gasteiger partial charge in [-0.1, -0.05) is 6.07 Å². The largest absolute Gasteiger partial charge is 0.454 e. The van der Waals surface area contributed by atoms with Crippen molar-refractivity contribution in [3.8, 4) is 11.5 Å². The second-order valence-corrected chi connectivity index (χ2v) is 6.18. The van der Waals surface area contributed by atoms with Crippen molar-refractivity contribution < 1.29 is 14.3 Å². The summed E-state index contributed by atoms with van der Waals surface area (Å²) in [5.74, 6) is 1.76. The number of carbonyl (C=O) groups excluding carboxylic acids is 1. The molecule has 1 fully saturated rings. The molecule has 1 amide bonds. The molecule has 4 rings (SSSR count). The highest BCUT2D eigenvalue weighted by atomic mass is 16.7. The van der Waals surface area contributed by atoms with Crippen LogP contribution in [0.2, 0.25) is 0 Å². The Bertz CT molecular complexity index is 709. The Morgan fingerprint density at radius 1 is 1.21 bits per heavy atom. The van der Waals surface area contributed by atoms with Gasteiger partial charge in [0, 0.05) is 19.5 Å². The van der Waals surface area contributed by atoms with Gasteiger partial charge >= 0.3 is 0 Å². The van der Waals surface area contributed by atoms with Crippen molar-refractivity contribution in [2.24, 2.45) is 0 Å². The minimum atomic E-state index is 0.213. The standard InChI is InChI=1S/C17H20N4O3/c22-17(4-2-13-1-3-15-16(9-13)24-12-23-15)20-7-5-14(6-8-20)21-11-18-10-19-21/h1,3,9-11,14H,2,4-8,12H2. The molecule has 0 bridgehead atoms. The molecule has 2 aliphatic heterocycles. The lowest BCUT2D eigenvalue weighted by atomic mass is 10.0. The van der Waals surface area contributed by atoms with Crippen LogP contribution in [0.3, 0.4) is 0 Å². The highest BCUT2D eigenvalue weighted by Crippen LogP contribution is 2.32. The van der Waals surface area contributed by atoms with Crippen molar-refractivity contribution in [3.63, 3.8) is 0 Å². The molecule has 0 radical (unpaired) electrons. The first kappa shape index (κ1) is 15.0. The van der Waals surface area contributed by atoms with Crippen molar-refractivity contribution in [1.29, 1.82) is 0 Å². The summed E-state index contributed by atoms with van der Waals surface area (Å²) in [6, 6.07) is 6.22. The monoisotopic (exact) mass is 328 g/mol. The predicted octanol–water partition coefficient (Wildman–Crippen LogP) is 1.80. The fourth-order valence-electron chi connectivity index (χ4n) is 3.29. The number of likely N-dealkylation sites (tertiary alicyclic amines) is 1. The minimum Gasteiger partial charge on any atom is -0.454 e. The third kappa shape index (κ3) is 3.06. The molecule has 24 heavy (non-hydrogen) atoms. The Balaban J connectivity index is 1.28. The summed E-state index contributed by atoms with van der Waals surface area (Å²) in [5, 5.41) is 4.19. The average molecular weight is 328 g/mol. The number of aryl methyl sites for hydroxylation is 1. The zero-order valence-corrected chi connectivity index (χ0v) is 13.4. The van der Waals surface area contributed by atoms with Crippen LogP contribution in [0.5, 0.6) is 11.5 Å². The molecular formula is C17H20N4O3. The summed E-state index contributed by atoms with van der Waals surface area (Å²) in [6.07, 6.45) is 6.41. The quantitative estimate of drug-likeness (QED) is 0.856. The van der Waals surface area contributed by atoms with Gasteiger partial charge in [-0.2, -0.15) is 5.10 Å². The number of piperidine rings is 1. The maximum absolute atomic E-state index is 12.4. The number of aromatic nitrogens is 3. The van der Waals surface area contributed by atoms with Gasteiger partial charge in [-0.05, 0) is 37.0 Å². The molecule has 2 aromatic rings. The van der Waals surface area contributed by atoms with Crippen LogP contribution in [-0.4, -0.2) is 45.5 Å². The molecule has 1 aromatic heterocycles. The fourth-order valence-corrected chi connectivity index (χ4v) is 3.29. The second kappa shape index (κ2) is 6.51. The molecule has 0 unspecified atom stereocenters. The zero-order chi connectivity index (χ0) is 16.4. The van der Waals surface area contributed by atoms with Gasteiger partial charge in [0.25, 0.3) is 0 Å². The molecule has 2 aliphatic rings. The normalized spacial score (nSPS) is 17.2. The molecular weight excluding hydrogens is 308 g/mol. The van der Waals surface area contributed by atoms with Crippen molar-refractivity contribution in [2.45, 2.75) is 31.7 Å². The highest BCUT2D eigenvalue weighted by Gasteiger charge is 2.24. The van der Waals surface area contributed by atoms with Crippen molar-refractivity contribution >= 4 is 5.91 Å². The lowest BCUT2D eigenvalue weighted by Crippen LogP contribution is -2.39. The van der Waals surface area contributed by atoms with E-state index in [1.807, 2.05) is 27.8 Å². The van der Waals surface area contributed by atoms with Gasteiger partial charge < -0.3 is 14.4 Å². The third-order valence-corrected chi connectivity index (χ3v) is 4.69. The van der Waals surface area contributed by atoms with E-state index in [1.165, 1.54) is 0 Å². The third-order valence-electron chi connectivity index (χ3n) is 4.69. The summed E-state index contributed by atoms with van der Waals surface area (Å²) in [5.41, 5.74) is 1.10. The fraction of sp³-hybridized carbons (Fsp3) is 0.471. The van der Waals surface area contributed by atoms with Crippen molar-refractivity contribution in [1.82, 2.24) is 19.7 Å². The van der Waals surface area contributed by atoms with Gasteiger partial charge in [0.05, 0.1) is 6.04 Å². The van der Waals surface area contributed by atoms with Gasteiger partial charge in [0.1, 0.15) is 12.7 Å². The predicted molar refractivity (Wildman–Crippen MR) is 85.8 cm³/mol. The summed E-state index contributed by atoms with van der Waals surface area (Å²) < 4.78 is 12.6. The number of rotatable bonds is 4. The molecule has 3 heterocycles. The number of carbonyl (C=O) groups is 1. The Labute approximate surface area is 140 Å². The average Bonchev–Trinajstić information content (AvgIpc) is 3.31. The van der Waals surface area contributed by atoms with Crippen LogP contribution in [0.25, 0.3) is 0 Å². The van der Waals surface area contributed by atoms with E-state index in [-0.39, 0.29) is 12.7 Å². The Morgan fingerprint density at radius 3 is 2.83 bits per heavy atom. The van der Waals surface area contributed by atoms with E-state index in [2.05, 4.69) is 10.1 Å². The number of nitrogens with zero attached hydrogens (tertiary/aromatic N) is 4. The molecule has 1 aromatic carbocycles. The Hall–Kier alpha value is -2.57. The molecule has 0 N–H and O–H groups in total. The number of benzene rings is 1. The molecule has 0 saturated carbocycles. The number of hydrogen-bond acceptors (Lipinski definition) is 5. The zero-order valence-electron chi connectivity index (χ0n) is 13.4. The molecule has 0 atom stereocenters. The van der Waals surface area contributed by atoms with Crippen LogP contribution in [0.4, 0.5) is 0 Å². The van der Waals surface area contributed by atoms with E-state index in [0.717, 1.165) is 49.4 Å². The summed E-state index contributed by atoms with van der Waals surface area (Å²) >= 11 is 0. The van der Waals surface area contributed by atoms with Gasteiger partial charge in [-0.3, -0.25) is 4.79 Å². The van der Waals surface area contributed by atoms with Crippen molar-refractivity contribution in [3.05, 3.63) is 36.4 Å². The van der Waals surface area contributed by atoms with E-state index in [0.29, 0.717) is 12.5 Å². The smallest absolute Gasteiger partial charge is 0.231 e. The summed E-state index contributed by atoms with van der Waals surface area (Å²) in [7, 11) is 0. The van der Waals surface area contributed by atoms with Crippen LogP contribution in [0.15, 0.2) is 30.9 Å². The van der Waals surface area contributed by atoms with Gasteiger partial charge in [0.15, 0.2) is 11.5 Å². The SMILES string of the molecule is O=C(CCc1ccc2c(c1)OCO2)N1CCC(n2cncn2)CC1. The van der Waals surface area contributed by atoms with Crippen LogP contribution in [-0.2, 0) is 11.2 Å². The molecule has 0 spiro atoms. The first-order valence-corrected chi connectivity index (χ1v) is 8.30. The van der Waals surface area contributed by atoms with E-state index in [4.69, 9.17) is 9.47 Å². The topological polar surface area (TPSA) is 69.5 Å². The maximum Gasteiger partial charge on any atom is 0.231 e. The van der Waals surface area contributed by atoms with Crippen molar-refractivity contribution in [2.75, 3.05) is 19.9 Å². The molecule has 7 heteroatoms. The molecule has 126 valence electrons. The highest BCUT2D eigenvalue weighted by molar-refractivity contribution is 5.76. The van der Waals surface area contributed by atoms with Crippen LogP contribution in [0.1, 0.15) is 30.9 Å². The lowest BCUT2D eigenvalue weighted by Gasteiger charge is -2.32. The molecule has 0 aliphatic carbocycles. The number of ether oxygens (including phenoxy) is 2. The summed E-state index contributed by atoms with van der Waals surface area (Å²) in [4.78, 5) is 18.4. The Kier molecular flexibility index (Phi) is 4.06.